The van der Waals surface area contributed by atoms with Crippen LogP contribution >= 0.6 is 11.8 Å². The standard InChI is InChI=1S/C19H24N6O2S2/c1-12-6-7-16(13(2)10-12)29(26,27)25-9-8-15-14(11-25)17(22-24(15)4)18-20-21-19(28-5)23(18)3/h6-7,10H,8-9,11H2,1-5H3. The number of rotatable bonds is 4. The van der Waals surface area contributed by atoms with Crippen molar-refractivity contribution in [3.8, 4) is 11.5 Å². The van der Waals surface area contributed by atoms with Crippen LogP contribution in [0.25, 0.3) is 11.5 Å². The Bertz CT molecular complexity index is 1200. The van der Waals surface area contributed by atoms with E-state index in [0.29, 0.717) is 29.4 Å². The molecule has 4 rings (SSSR count). The van der Waals surface area contributed by atoms with Crippen LogP contribution in [0.2, 0.25) is 0 Å². The Labute approximate surface area is 175 Å². The highest BCUT2D eigenvalue weighted by Crippen LogP contribution is 2.32. The van der Waals surface area contributed by atoms with Crippen molar-refractivity contribution in [3.63, 3.8) is 0 Å². The summed E-state index contributed by atoms with van der Waals surface area (Å²) in [6.07, 6.45) is 2.55. The van der Waals surface area contributed by atoms with Gasteiger partial charge in [-0.1, -0.05) is 29.5 Å². The topological polar surface area (TPSA) is 85.9 Å². The molecule has 3 heterocycles. The van der Waals surface area contributed by atoms with Gasteiger partial charge >= 0.3 is 0 Å². The van der Waals surface area contributed by atoms with Crippen LogP contribution in [0.1, 0.15) is 22.4 Å². The van der Waals surface area contributed by atoms with Gasteiger partial charge in [-0.2, -0.15) is 9.40 Å². The lowest BCUT2D eigenvalue weighted by molar-refractivity contribution is 0.386. The van der Waals surface area contributed by atoms with Crippen LogP contribution < -0.4 is 0 Å². The number of hydrogen-bond acceptors (Lipinski definition) is 6. The van der Waals surface area contributed by atoms with Crippen molar-refractivity contribution in [1.82, 2.24) is 28.9 Å². The maximum absolute atomic E-state index is 13.4. The van der Waals surface area contributed by atoms with Gasteiger partial charge in [0.2, 0.25) is 10.0 Å². The molecule has 154 valence electrons. The Kier molecular flexibility index (Phi) is 5.04. The fraction of sp³-hybridized carbons (Fsp3) is 0.421. The van der Waals surface area contributed by atoms with Gasteiger partial charge in [0.05, 0.1) is 4.90 Å². The van der Waals surface area contributed by atoms with Gasteiger partial charge in [0.15, 0.2) is 11.0 Å². The quantitative estimate of drug-likeness (QED) is 0.588. The van der Waals surface area contributed by atoms with Gasteiger partial charge in [-0.05, 0) is 31.7 Å². The summed E-state index contributed by atoms with van der Waals surface area (Å²) in [7, 11) is 0.187. The summed E-state index contributed by atoms with van der Waals surface area (Å²) in [5.74, 6) is 0.650. The molecule has 0 radical (unpaired) electrons. The molecule has 8 nitrogen and oxygen atoms in total. The van der Waals surface area contributed by atoms with Crippen molar-refractivity contribution in [2.24, 2.45) is 14.1 Å². The van der Waals surface area contributed by atoms with E-state index in [1.807, 2.05) is 55.6 Å². The molecule has 29 heavy (non-hydrogen) atoms. The second-order valence-electron chi connectivity index (χ2n) is 7.32. The zero-order valence-electron chi connectivity index (χ0n) is 17.2. The highest BCUT2D eigenvalue weighted by Gasteiger charge is 2.34. The Balaban J connectivity index is 1.76. The van der Waals surface area contributed by atoms with Crippen molar-refractivity contribution >= 4 is 21.8 Å². The number of nitrogens with zero attached hydrogens (tertiary/aromatic N) is 6. The Morgan fingerprint density at radius 3 is 2.55 bits per heavy atom. The molecule has 0 saturated carbocycles. The van der Waals surface area contributed by atoms with E-state index in [4.69, 9.17) is 0 Å². The molecule has 0 spiro atoms. The molecule has 10 heteroatoms. The Morgan fingerprint density at radius 2 is 1.90 bits per heavy atom. The van der Waals surface area contributed by atoms with Crippen molar-refractivity contribution in [3.05, 3.63) is 40.6 Å². The Hall–Kier alpha value is -2.17. The van der Waals surface area contributed by atoms with Crippen LogP contribution in [0.15, 0.2) is 28.3 Å². The third kappa shape index (κ3) is 3.28. The number of hydrogen-bond donors (Lipinski definition) is 0. The van der Waals surface area contributed by atoms with E-state index in [0.717, 1.165) is 27.5 Å². The molecule has 0 aliphatic carbocycles. The molecule has 0 atom stereocenters. The highest BCUT2D eigenvalue weighted by atomic mass is 32.2. The van der Waals surface area contributed by atoms with Crippen molar-refractivity contribution in [2.45, 2.75) is 36.9 Å². The van der Waals surface area contributed by atoms with Gasteiger partial charge in [-0.3, -0.25) is 4.68 Å². The summed E-state index contributed by atoms with van der Waals surface area (Å²) in [6, 6.07) is 5.45. The molecule has 0 fully saturated rings. The summed E-state index contributed by atoms with van der Waals surface area (Å²) in [4.78, 5) is 0.361. The average Bonchev–Trinajstić information content (AvgIpc) is 3.20. The van der Waals surface area contributed by atoms with Crippen molar-refractivity contribution in [1.29, 1.82) is 0 Å². The minimum atomic E-state index is -3.60. The normalized spacial score (nSPS) is 14.9. The molecule has 0 saturated heterocycles. The van der Waals surface area contributed by atoms with Gasteiger partial charge in [0.1, 0.15) is 5.69 Å². The van der Waals surface area contributed by atoms with E-state index in [1.54, 1.807) is 10.4 Å². The zero-order chi connectivity index (χ0) is 20.9. The van der Waals surface area contributed by atoms with E-state index < -0.39 is 10.0 Å². The first-order valence-corrected chi connectivity index (χ1v) is 12.0. The summed E-state index contributed by atoms with van der Waals surface area (Å²) in [5.41, 5.74) is 4.44. The molecular formula is C19H24N6O2S2. The third-order valence-corrected chi connectivity index (χ3v) is 8.11. The molecular weight excluding hydrogens is 408 g/mol. The monoisotopic (exact) mass is 432 g/mol. The smallest absolute Gasteiger partial charge is 0.243 e. The van der Waals surface area contributed by atoms with Gasteiger partial charge in [0, 0.05) is 44.9 Å². The summed E-state index contributed by atoms with van der Waals surface area (Å²) in [6.45, 7) is 4.50. The molecule has 1 aliphatic heterocycles. The molecule has 3 aromatic rings. The predicted molar refractivity (Wildman–Crippen MR) is 112 cm³/mol. The first-order valence-electron chi connectivity index (χ1n) is 9.30. The lowest BCUT2D eigenvalue weighted by Crippen LogP contribution is -2.36. The molecule has 1 aromatic carbocycles. The van der Waals surface area contributed by atoms with E-state index >= 15 is 0 Å². The van der Waals surface area contributed by atoms with Crippen molar-refractivity contribution in [2.75, 3.05) is 12.8 Å². The second-order valence-corrected chi connectivity index (χ2v) is 10.0. The van der Waals surface area contributed by atoms with Gasteiger partial charge in [-0.15, -0.1) is 10.2 Å². The lowest BCUT2D eigenvalue weighted by atomic mass is 10.1. The van der Waals surface area contributed by atoms with E-state index in [9.17, 15) is 8.42 Å². The summed E-state index contributed by atoms with van der Waals surface area (Å²) >= 11 is 1.51. The average molecular weight is 433 g/mol. The minimum Gasteiger partial charge on any atom is -0.304 e. The number of fused-ring (bicyclic) bond motifs is 1. The number of aromatic nitrogens is 5. The molecule has 0 amide bonds. The molecule has 0 N–H and O–H groups in total. The zero-order valence-corrected chi connectivity index (χ0v) is 18.8. The van der Waals surface area contributed by atoms with Gasteiger partial charge in [-0.25, -0.2) is 8.42 Å². The first-order chi connectivity index (χ1) is 13.7. The summed E-state index contributed by atoms with van der Waals surface area (Å²) < 4.78 is 32.0. The number of thioether (sulfide) groups is 1. The van der Waals surface area contributed by atoms with Crippen LogP contribution in [-0.4, -0.2) is 50.1 Å². The fourth-order valence-corrected chi connectivity index (χ4v) is 5.98. The fourth-order valence-electron chi connectivity index (χ4n) is 3.88. The number of benzene rings is 1. The van der Waals surface area contributed by atoms with Crippen LogP contribution in [0.3, 0.4) is 0 Å². The van der Waals surface area contributed by atoms with E-state index in [2.05, 4.69) is 15.3 Å². The first kappa shape index (κ1) is 20.1. The van der Waals surface area contributed by atoms with Crippen molar-refractivity contribution < 1.29 is 8.42 Å². The SMILES string of the molecule is CSc1nnc(-c2nn(C)c3c2CN(S(=O)(=O)c2ccc(C)cc2C)CC3)n1C. The largest absolute Gasteiger partial charge is 0.304 e. The molecule has 1 aliphatic rings. The second kappa shape index (κ2) is 7.26. The number of sulfonamides is 1. The maximum Gasteiger partial charge on any atom is 0.243 e. The predicted octanol–water partition coefficient (Wildman–Crippen LogP) is 2.30. The summed E-state index contributed by atoms with van der Waals surface area (Å²) in [5, 5.41) is 13.9. The van der Waals surface area contributed by atoms with Crippen LogP contribution in [0, 0.1) is 13.8 Å². The van der Waals surface area contributed by atoms with Crippen LogP contribution in [-0.2, 0) is 37.1 Å². The van der Waals surface area contributed by atoms with Gasteiger partial charge < -0.3 is 4.57 Å². The van der Waals surface area contributed by atoms with Gasteiger partial charge in [0.25, 0.3) is 0 Å². The minimum absolute atomic E-state index is 0.273. The molecule has 0 bridgehead atoms. The third-order valence-electron chi connectivity index (χ3n) is 5.38. The Morgan fingerprint density at radius 1 is 1.14 bits per heavy atom. The lowest BCUT2D eigenvalue weighted by Gasteiger charge is -2.27. The highest BCUT2D eigenvalue weighted by molar-refractivity contribution is 7.98. The van der Waals surface area contributed by atoms with Crippen LogP contribution in [0.4, 0.5) is 0 Å². The van der Waals surface area contributed by atoms with Crippen LogP contribution in [0.5, 0.6) is 0 Å². The number of aryl methyl sites for hydroxylation is 3. The van der Waals surface area contributed by atoms with E-state index in [1.165, 1.54) is 11.8 Å². The maximum atomic E-state index is 13.4. The molecule has 2 aromatic heterocycles. The molecule has 0 unspecified atom stereocenters. The van der Waals surface area contributed by atoms with E-state index in [-0.39, 0.29) is 6.54 Å².